The van der Waals surface area contributed by atoms with Crippen molar-refractivity contribution in [1.82, 2.24) is 14.6 Å². The van der Waals surface area contributed by atoms with E-state index in [-0.39, 0.29) is 16.7 Å². The molecule has 0 bridgehead atoms. The number of aryl methyl sites for hydroxylation is 2. The highest BCUT2D eigenvalue weighted by Gasteiger charge is 2.20. The first-order valence-corrected chi connectivity index (χ1v) is 12.3. The van der Waals surface area contributed by atoms with Gasteiger partial charge in [0, 0.05) is 30.1 Å². The van der Waals surface area contributed by atoms with Gasteiger partial charge in [-0.25, -0.2) is 17.7 Å². The average Bonchev–Trinajstić information content (AvgIpc) is 3.18. The topological polar surface area (TPSA) is 79.4 Å². The number of carbonyl (C=O) groups excluding carboxylic acids is 1. The third-order valence-electron chi connectivity index (χ3n) is 4.35. The predicted molar refractivity (Wildman–Crippen MR) is 121 cm³/mol. The molecule has 3 rings (SSSR count). The summed E-state index contributed by atoms with van der Waals surface area (Å²) >= 11 is 2.61. The lowest BCUT2D eigenvalue weighted by Gasteiger charge is -2.10. The minimum atomic E-state index is -3.47. The Kier molecular flexibility index (Phi) is 6.97. The fraction of sp³-hybridized carbons (Fsp3) is 0.238. The highest BCUT2D eigenvalue weighted by atomic mass is 32.2. The molecule has 0 aliphatic carbocycles. The van der Waals surface area contributed by atoms with Gasteiger partial charge >= 0.3 is 0 Å². The van der Waals surface area contributed by atoms with Gasteiger partial charge in [0.25, 0.3) is 15.9 Å². The molecule has 0 fully saturated rings. The lowest BCUT2D eigenvalue weighted by Crippen LogP contribution is -2.23. The summed E-state index contributed by atoms with van der Waals surface area (Å²) in [6, 6.07) is 12.9. The molecule has 0 unspecified atom stereocenters. The molecule has 0 saturated heterocycles. The number of nitrogens with one attached hydrogen (secondary N) is 1. The van der Waals surface area contributed by atoms with Gasteiger partial charge in [0.15, 0.2) is 0 Å². The summed E-state index contributed by atoms with van der Waals surface area (Å²) in [7, 11) is -0.482. The molecule has 0 spiro atoms. The molecule has 3 aromatic rings. The number of amides is 1. The van der Waals surface area contributed by atoms with Crippen LogP contribution in [0.5, 0.6) is 0 Å². The fourth-order valence-corrected chi connectivity index (χ4v) is 6.11. The number of sulfonamides is 1. The van der Waals surface area contributed by atoms with Crippen LogP contribution in [0.2, 0.25) is 0 Å². The second-order valence-corrected chi connectivity index (χ2v) is 11.5. The molecule has 2 heterocycles. The predicted octanol–water partition coefficient (Wildman–Crippen LogP) is 4.09. The second-order valence-electron chi connectivity index (χ2n) is 6.92. The Hall–Kier alpha value is -2.20. The minimum Gasteiger partial charge on any atom is -0.347 e. The molecule has 0 radical (unpaired) electrons. The van der Waals surface area contributed by atoms with Crippen LogP contribution in [0, 0.1) is 13.8 Å². The van der Waals surface area contributed by atoms with Gasteiger partial charge in [0.2, 0.25) is 0 Å². The second kappa shape index (κ2) is 9.30. The lowest BCUT2D eigenvalue weighted by molar-refractivity contribution is 0.0947. The number of rotatable bonds is 7. The average molecular weight is 462 g/mol. The summed E-state index contributed by atoms with van der Waals surface area (Å²) in [5.74, 6) is -0.249. The van der Waals surface area contributed by atoms with Crippen LogP contribution < -0.4 is 5.32 Å². The lowest BCUT2D eigenvalue weighted by atomic mass is 10.2. The molecule has 0 aliphatic heterocycles. The normalized spacial score (nSPS) is 11.6. The largest absolute Gasteiger partial charge is 0.347 e. The Morgan fingerprint density at radius 2 is 1.93 bits per heavy atom. The molecule has 1 aromatic carbocycles. The number of thiophene rings is 1. The fourth-order valence-electron chi connectivity index (χ4n) is 2.70. The molecule has 2 aromatic heterocycles. The Labute approximate surface area is 185 Å². The Bertz CT molecular complexity index is 1170. The van der Waals surface area contributed by atoms with E-state index in [1.807, 2.05) is 26.0 Å². The van der Waals surface area contributed by atoms with Crippen LogP contribution in [0.3, 0.4) is 0 Å². The first-order valence-electron chi connectivity index (χ1n) is 9.18. The molecule has 0 aliphatic rings. The van der Waals surface area contributed by atoms with Gasteiger partial charge in [-0.15, -0.1) is 11.3 Å². The minimum absolute atomic E-state index is 0.245. The van der Waals surface area contributed by atoms with Gasteiger partial charge in [-0.1, -0.05) is 29.5 Å². The molecule has 0 atom stereocenters. The van der Waals surface area contributed by atoms with Crippen LogP contribution in [0.4, 0.5) is 0 Å². The molecule has 9 heteroatoms. The Balaban J connectivity index is 1.73. The van der Waals surface area contributed by atoms with E-state index < -0.39 is 10.0 Å². The summed E-state index contributed by atoms with van der Waals surface area (Å²) in [5, 5.41) is 3.50. The summed E-state index contributed by atoms with van der Waals surface area (Å²) in [6.45, 7) is 4.32. The zero-order chi connectivity index (χ0) is 21.9. The van der Waals surface area contributed by atoms with Gasteiger partial charge in [-0.2, -0.15) is 0 Å². The smallest absolute Gasteiger partial charge is 0.254 e. The monoisotopic (exact) mass is 461 g/mol. The zero-order valence-electron chi connectivity index (χ0n) is 17.2. The van der Waals surface area contributed by atoms with Crippen LogP contribution >= 0.6 is 23.1 Å². The molecule has 1 amide bonds. The van der Waals surface area contributed by atoms with Gasteiger partial charge in [-0.3, -0.25) is 4.79 Å². The molecule has 158 valence electrons. The highest BCUT2D eigenvalue weighted by molar-refractivity contribution is 7.99. The van der Waals surface area contributed by atoms with Crippen molar-refractivity contribution in [2.75, 3.05) is 14.1 Å². The molecule has 1 N–H and O–H groups in total. The highest BCUT2D eigenvalue weighted by Crippen LogP contribution is 2.31. The van der Waals surface area contributed by atoms with Crippen molar-refractivity contribution < 1.29 is 13.2 Å². The molecule has 6 nitrogen and oxygen atoms in total. The summed E-state index contributed by atoms with van der Waals surface area (Å²) in [4.78, 5) is 19.0. The van der Waals surface area contributed by atoms with Crippen molar-refractivity contribution in [3.05, 3.63) is 70.2 Å². The Morgan fingerprint density at radius 1 is 1.17 bits per heavy atom. The quantitative estimate of drug-likeness (QED) is 0.573. The van der Waals surface area contributed by atoms with E-state index in [2.05, 4.69) is 16.4 Å². The van der Waals surface area contributed by atoms with E-state index >= 15 is 0 Å². The van der Waals surface area contributed by atoms with Crippen molar-refractivity contribution in [2.24, 2.45) is 0 Å². The van der Waals surface area contributed by atoms with E-state index in [1.54, 1.807) is 30.5 Å². The zero-order valence-corrected chi connectivity index (χ0v) is 19.6. The first kappa shape index (κ1) is 22.5. The number of hydrogen-bond donors (Lipinski definition) is 1. The van der Waals surface area contributed by atoms with E-state index in [9.17, 15) is 13.2 Å². The number of aromatic nitrogens is 1. The standard InChI is InChI=1S/C21H23N3O3S3/c1-14-7-9-18(15(2)12-14)29-21-17(6-5-11-22-21)20(25)23-13-16-8-10-19(28-16)30(26,27)24(3)4/h5-12H,13H2,1-4H3,(H,23,25). The Morgan fingerprint density at radius 3 is 2.63 bits per heavy atom. The maximum atomic E-state index is 12.8. The van der Waals surface area contributed by atoms with E-state index in [4.69, 9.17) is 0 Å². The summed E-state index contributed by atoms with van der Waals surface area (Å²) in [5.41, 5.74) is 2.80. The van der Waals surface area contributed by atoms with Crippen molar-refractivity contribution in [1.29, 1.82) is 0 Å². The maximum Gasteiger partial charge on any atom is 0.254 e. The number of hydrogen-bond acceptors (Lipinski definition) is 6. The molecule has 0 saturated carbocycles. The third-order valence-corrected chi connectivity index (χ3v) is 8.91. The van der Waals surface area contributed by atoms with Gasteiger partial charge in [0.1, 0.15) is 9.24 Å². The SMILES string of the molecule is Cc1ccc(Sc2ncccc2C(=O)NCc2ccc(S(=O)(=O)N(C)C)s2)c(C)c1. The molecule has 30 heavy (non-hydrogen) atoms. The van der Waals surface area contributed by atoms with Gasteiger partial charge in [0.05, 0.1) is 12.1 Å². The van der Waals surface area contributed by atoms with E-state index in [1.165, 1.54) is 35.7 Å². The number of benzene rings is 1. The first-order chi connectivity index (χ1) is 14.2. The summed E-state index contributed by atoms with van der Waals surface area (Å²) < 4.78 is 25.8. The molecular weight excluding hydrogens is 438 g/mol. The van der Waals surface area contributed by atoms with Crippen molar-refractivity contribution in [3.8, 4) is 0 Å². The van der Waals surface area contributed by atoms with Gasteiger partial charge < -0.3 is 5.32 Å². The number of carbonyl (C=O) groups is 1. The van der Waals surface area contributed by atoms with E-state index in [0.717, 1.165) is 26.7 Å². The van der Waals surface area contributed by atoms with Gasteiger partial charge in [-0.05, 0) is 49.7 Å². The van der Waals surface area contributed by atoms with Crippen molar-refractivity contribution >= 4 is 39.0 Å². The summed E-state index contributed by atoms with van der Waals surface area (Å²) in [6.07, 6.45) is 1.67. The number of pyridine rings is 1. The number of nitrogens with zero attached hydrogens (tertiary/aromatic N) is 2. The van der Waals surface area contributed by atoms with Crippen molar-refractivity contribution in [2.45, 2.75) is 34.5 Å². The van der Waals surface area contributed by atoms with Crippen LogP contribution in [0.25, 0.3) is 0 Å². The van der Waals surface area contributed by atoms with Crippen LogP contribution in [0.15, 0.2) is 62.8 Å². The van der Waals surface area contributed by atoms with Crippen molar-refractivity contribution in [3.63, 3.8) is 0 Å². The maximum absolute atomic E-state index is 12.8. The third kappa shape index (κ3) is 5.10. The van der Waals surface area contributed by atoms with Crippen LogP contribution in [0.1, 0.15) is 26.4 Å². The van der Waals surface area contributed by atoms with Crippen LogP contribution in [-0.2, 0) is 16.6 Å². The van der Waals surface area contributed by atoms with Crippen LogP contribution in [-0.4, -0.2) is 37.7 Å². The molecular formula is C21H23N3O3S3. The van der Waals surface area contributed by atoms with E-state index in [0.29, 0.717) is 10.6 Å².